The fourth-order valence-electron chi connectivity index (χ4n) is 1.73. The summed E-state index contributed by atoms with van der Waals surface area (Å²) in [5.74, 6) is 0. The van der Waals surface area contributed by atoms with Gasteiger partial charge in [0.05, 0.1) is 85.4 Å². The summed E-state index contributed by atoms with van der Waals surface area (Å²) in [6.07, 6.45) is 0.248. The first-order chi connectivity index (χ1) is 12.4. The molecule has 0 radical (unpaired) electrons. The number of hydrogen-bond acceptors (Lipinski definition) is 7. The second-order valence-corrected chi connectivity index (χ2v) is 11.5. The predicted molar refractivity (Wildman–Crippen MR) is 104 cm³/mol. The second kappa shape index (κ2) is 18.3. The van der Waals surface area contributed by atoms with Crippen LogP contribution in [0.25, 0.3) is 0 Å². The summed E-state index contributed by atoms with van der Waals surface area (Å²) in [4.78, 5) is 0. The van der Waals surface area contributed by atoms with Crippen molar-refractivity contribution in [2.75, 3.05) is 79.3 Å². The van der Waals surface area contributed by atoms with Crippen LogP contribution in [-0.4, -0.2) is 93.7 Å². The second-order valence-electron chi connectivity index (χ2n) is 6.94. The van der Waals surface area contributed by atoms with Gasteiger partial charge in [-0.3, -0.25) is 0 Å². The van der Waals surface area contributed by atoms with Crippen LogP contribution < -0.4 is 0 Å². The molecule has 0 bridgehead atoms. The molecule has 0 saturated heterocycles. The zero-order valence-electron chi connectivity index (χ0n) is 17.4. The van der Waals surface area contributed by atoms with Crippen LogP contribution in [0, 0.1) is 0 Å². The van der Waals surface area contributed by atoms with Crippen molar-refractivity contribution in [1.29, 1.82) is 0 Å². The van der Waals surface area contributed by atoms with Crippen LogP contribution in [0.1, 0.15) is 13.8 Å². The standard InChI is InChI=1S/C18H40O7Si/c1-18(2)24-16-14-22-12-10-20-8-6-19-7-9-21-11-13-23-15-17-25-26(3,4)5/h18H,6-17H2,1-5H3. The Hall–Kier alpha value is -0.0631. The summed E-state index contributed by atoms with van der Waals surface area (Å²) in [5, 5.41) is 0. The minimum Gasteiger partial charge on any atom is -0.415 e. The van der Waals surface area contributed by atoms with Crippen LogP contribution in [0.3, 0.4) is 0 Å². The predicted octanol–water partition coefficient (Wildman–Crippen LogP) is 2.35. The first kappa shape index (κ1) is 25.9. The first-order valence-electron chi connectivity index (χ1n) is 9.56. The highest BCUT2D eigenvalue weighted by Gasteiger charge is 2.12. The summed E-state index contributed by atoms with van der Waals surface area (Å²) in [5.41, 5.74) is 0. The normalized spacial score (nSPS) is 12.2. The van der Waals surface area contributed by atoms with Gasteiger partial charge in [0.15, 0.2) is 8.32 Å². The highest BCUT2D eigenvalue weighted by molar-refractivity contribution is 6.69. The molecule has 158 valence electrons. The maximum atomic E-state index is 5.69. The van der Waals surface area contributed by atoms with E-state index in [1.807, 2.05) is 13.8 Å². The topological polar surface area (TPSA) is 64.6 Å². The van der Waals surface area contributed by atoms with Gasteiger partial charge in [0.1, 0.15) is 0 Å². The van der Waals surface area contributed by atoms with Crippen molar-refractivity contribution in [3.63, 3.8) is 0 Å². The SMILES string of the molecule is CC(C)OCCOCCOCCOCCOCCOCCO[Si](C)(C)C. The van der Waals surface area contributed by atoms with Crippen LogP contribution >= 0.6 is 0 Å². The Kier molecular flexibility index (Phi) is 18.3. The molecule has 0 N–H and O–H groups in total. The van der Waals surface area contributed by atoms with Crippen molar-refractivity contribution in [2.24, 2.45) is 0 Å². The van der Waals surface area contributed by atoms with Crippen molar-refractivity contribution < 1.29 is 32.8 Å². The smallest absolute Gasteiger partial charge is 0.183 e. The van der Waals surface area contributed by atoms with Crippen molar-refractivity contribution in [2.45, 2.75) is 39.6 Å². The van der Waals surface area contributed by atoms with Gasteiger partial charge in [-0.2, -0.15) is 0 Å². The first-order valence-corrected chi connectivity index (χ1v) is 13.0. The van der Waals surface area contributed by atoms with E-state index in [9.17, 15) is 0 Å². The van der Waals surface area contributed by atoms with E-state index in [1.54, 1.807) is 0 Å². The van der Waals surface area contributed by atoms with Gasteiger partial charge >= 0.3 is 0 Å². The molecule has 8 heteroatoms. The Bertz CT molecular complexity index is 285. The molecule has 0 aliphatic heterocycles. The van der Waals surface area contributed by atoms with E-state index in [2.05, 4.69) is 19.6 Å². The summed E-state index contributed by atoms with van der Waals surface area (Å²) in [6, 6.07) is 0. The van der Waals surface area contributed by atoms with Gasteiger partial charge in [0.2, 0.25) is 0 Å². The third kappa shape index (κ3) is 23.9. The van der Waals surface area contributed by atoms with Crippen LogP contribution in [-0.2, 0) is 32.8 Å². The monoisotopic (exact) mass is 396 g/mol. The van der Waals surface area contributed by atoms with E-state index in [4.69, 9.17) is 32.8 Å². The van der Waals surface area contributed by atoms with Gasteiger partial charge < -0.3 is 32.8 Å². The zero-order valence-corrected chi connectivity index (χ0v) is 18.4. The van der Waals surface area contributed by atoms with E-state index in [0.717, 1.165) is 0 Å². The van der Waals surface area contributed by atoms with E-state index in [1.165, 1.54) is 0 Å². The summed E-state index contributed by atoms with van der Waals surface area (Å²) in [6.45, 7) is 17.6. The molecule has 0 spiro atoms. The van der Waals surface area contributed by atoms with Crippen LogP contribution in [0.4, 0.5) is 0 Å². The van der Waals surface area contributed by atoms with E-state index in [0.29, 0.717) is 79.3 Å². The van der Waals surface area contributed by atoms with Crippen LogP contribution in [0.15, 0.2) is 0 Å². The van der Waals surface area contributed by atoms with E-state index in [-0.39, 0.29) is 6.10 Å². The fourth-order valence-corrected chi connectivity index (χ4v) is 2.43. The van der Waals surface area contributed by atoms with Gasteiger partial charge in [-0.05, 0) is 33.5 Å². The van der Waals surface area contributed by atoms with Crippen molar-refractivity contribution in [3.05, 3.63) is 0 Å². The molecule has 0 amide bonds. The lowest BCUT2D eigenvalue weighted by Crippen LogP contribution is -2.27. The Balaban J connectivity index is 3.03. The molecule has 0 aliphatic carbocycles. The molecule has 0 aromatic heterocycles. The van der Waals surface area contributed by atoms with E-state index >= 15 is 0 Å². The Morgan fingerprint density at radius 1 is 0.500 bits per heavy atom. The molecule has 0 aromatic rings. The van der Waals surface area contributed by atoms with Gasteiger partial charge in [-0.15, -0.1) is 0 Å². The quantitative estimate of drug-likeness (QED) is 0.231. The fraction of sp³-hybridized carbons (Fsp3) is 1.00. The average molecular weight is 397 g/mol. The molecule has 0 atom stereocenters. The molecule has 0 fully saturated rings. The molecule has 26 heavy (non-hydrogen) atoms. The van der Waals surface area contributed by atoms with Gasteiger partial charge in [-0.25, -0.2) is 0 Å². The van der Waals surface area contributed by atoms with E-state index < -0.39 is 8.32 Å². The molecular weight excluding hydrogens is 356 g/mol. The van der Waals surface area contributed by atoms with Crippen molar-refractivity contribution >= 4 is 8.32 Å². The maximum absolute atomic E-state index is 5.69. The van der Waals surface area contributed by atoms with Gasteiger partial charge in [-0.1, -0.05) is 0 Å². The van der Waals surface area contributed by atoms with Crippen LogP contribution in [0.2, 0.25) is 19.6 Å². The lowest BCUT2D eigenvalue weighted by Gasteiger charge is -2.16. The lowest BCUT2D eigenvalue weighted by molar-refractivity contribution is -0.0220. The minimum absolute atomic E-state index is 0.248. The van der Waals surface area contributed by atoms with Crippen molar-refractivity contribution in [3.8, 4) is 0 Å². The summed E-state index contributed by atoms with van der Waals surface area (Å²) in [7, 11) is -1.42. The van der Waals surface area contributed by atoms with Crippen molar-refractivity contribution in [1.82, 2.24) is 0 Å². The average Bonchev–Trinajstić information content (AvgIpc) is 2.55. The van der Waals surface area contributed by atoms with Crippen LogP contribution in [0.5, 0.6) is 0 Å². The Morgan fingerprint density at radius 2 is 0.808 bits per heavy atom. The lowest BCUT2D eigenvalue weighted by atomic mass is 10.5. The molecule has 0 heterocycles. The molecule has 0 aromatic carbocycles. The Morgan fingerprint density at radius 3 is 1.12 bits per heavy atom. The highest BCUT2D eigenvalue weighted by atomic mass is 28.4. The third-order valence-electron chi connectivity index (χ3n) is 2.93. The Labute approximate surface area is 160 Å². The largest absolute Gasteiger partial charge is 0.415 e. The molecule has 0 saturated carbocycles. The zero-order chi connectivity index (χ0) is 19.5. The number of rotatable bonds is 20. The summed E-state index contributed by atoms with van der Waals surface area (Å²) < 4.78 is 38.1. The molecule has 7 nitrogen and oxygen atoms in total. The minimum atomic E-state index is -1.42. The highest BCUT2D eigenvalue weighted by Crippen LogP contribution is 2.01. The number of hydrogen-bond donors (Lipinski definition) is 0. The van der Waals surface area contributed by atoms with Gasteiger partial charge in [0.25, 0.3) is 0 Å². The third-order valence-corrected chi connectivity index (χ3v) is 4.00. The summed E-state index contributed by atoms with van der Waals surface area (Å²) >= 11 is 0. The molecule has 0 rings (SSSR count). The molecule has 0 unspecified atom stereocenters. The number of ether oxygens (including phenoxy) is 6. The maximum Gasteiger partial charge on any atom is 0.183 e. The molecule has 0 aliphatic rings. The molecular formula is C18H40O7Si. The van der Waals surface area contributed by atoms with Gasteiger partial charge in [0, 0.05) is 0 Å².